The third-order valence-corrected chi connectivity index (χ3v) is 5.35. The Morgan fingerprint density at radius 1 is 0.833 bits per heavy atom. The number of rotatable bonds is 18. The molecule has 1 aromatic carbocycles. The molecule has 4 heteroatoms. The van der Waals surface area contributed by atoms with E-state index in [9.17, 15) is 4.79 Å². The van der Waals surface area contributed by atoms with Gasteiger partial charge in [-0.2, -0.15) is 0 Å². The molecular formula is C26H43NO3. The Labute approximate surface area is 184 Å². The maximum atomic E-state index is 12.2. The van der Waals surface area contributed by atoms with Gasteiger partial charge in [-0.15, -0.1) is 0 Å². The lowest BCUT2D eigenvalue weighted by Gasteiger charge is -2.11. The lowest BCUT2D eigenvalue weighted by molar-refractivity contribution is -0.116. The molecule has 0 aliphatic carbocycles. The average molecular weight is 418 g/mol. The summed E-state index contributed by atoms with van der Waals surface area (Å²) in [5.74, 6) is 1.37. The molecule has 170 valence electrons. The Bertz CT molecular complexity index is 598. The van der Waals surface area contributed by atoms with Crippen molar-refractivity contribution < 1.29 is 14.3 Å². The molecule has 0 bridgehead atoms. The molecule has 4 nitrogen and oxygen atoms in total. The van der Waals surface area contributed by atoms with E-state index >= 15 is 0 Å². The van der Waals surface area contributed by atoms with E-state index in [-0.39, 0.29) is 5.91 Å². The maximum Gasteiger partial charge on any atom is 0.224 e. The number of nitrogens with one attached hydrogen (secondary N) is 1. The van der Waals surface area contributed by atoms with Gasteiger partial charge in [0.05, 0.1) is 19.9 Å². The highest BCUT2D eigenvalue weighted by Crippen LogP contribution is 2.29. The van der Waals surface area contributed by atoms with Crippen LogP contribution in [0.15, 0.2) is 30.4 Å². The molecule has 0 spiro atoms. The predicted molar refractivity (Wildman–Crippen MR) is 128 cm³/mol. The van der Waals surface area contributed by atoms with E-state index < -0.39 is 0 Å². The molecule has 0 saturated carbocycles. The van der Waals surface area contributed by atoms with Gasteiger partial charge in [0.15, 0.2) is 0 Å². The van der Waals surface area contributed by atoms with Crippen LogP contribution in [0, 0.1) is 0 Å². The molecule has 1 amide bonds. The van der Waals surface area contributed by atoms with E-state index in [2.05, 4.69) is 24.4 Å². The Morgan fingerprint density at radius 3 is 2.03 bits per heavy atom. The number of hydrogen-bond acceptors (Lipinski definition) is 3. The third-order valence-electron chi connectivity index (χ3n) is 5.35. The minimum absolute atomic E-state index is 0.0381. The number of carbonyl (C=O) groups excluding carboxylic acids is 1. The van der Waals surface area contributed by atoms with Crippen molar-refractivity contribution in [1.82, 2.24) is 0 Å². The minimum atomic E-state index is 0.0381. The van der Waals surface area contributed by atoms with E-state index in [1.54, 1.807) is 20.3 Å². The molecule has 1 rings (SSSR count). The smallest absolute Gasteiger partial charge is 0.224 e. The van der Waals surface area contributed by atoms with E-state index in [4.69, 9.17) is 9.47 Å². The van der Waals surface area contributed by atoms with Gasteiger partial charge >= 0.3 is 0 Å². The lowest BCUT2D eigenvalue weighted by atomic mass is 10.1. The zero-order valence-corrected chi connectivity index (χ0v) is 19.5. The van der Waals surface area contributed by atoms with Crippen molar-refractivity contribution in [1.29, 1.82) is 0 Å². The normalized spacial score (nSPS) is 11.0. The number of amides is 1. The van der Waals surface area contributed by atoms with Crippen molar-refractivity contribution in [3.05, 3.63) is 30.4 Å². The number of unbranched alkanes of at least 4 members (excludes halogenated alkanes) is 11. The number of benzene rings is 1. The van der Waals surface area contributed by atoms with Gasteiger partial charge in [0.25, 0.3) is 0 Å². The number of hydrogen-bond donors (Lipinski definition) is 1. The Balaban J connectivity index is 2.00. The Kier molecular flexibility index (Phi) is 15.5. The predicted octanol–water partition coefficient (Wildman–Crippen LogP) is 7.68. The first-order valence-electron chi connectivity index (χ1n) is 11.9. The van der Waals surface area contributed by atoms with Crippen LogP contribution in [0.5, 0.6) is 11.5 Å². The molecule has 1 aromatic rings. The van der Waals surface area contributed by atoms with Crippen LogP contribution in [-0.2, 0) is 4.79 Å². The van der Waals surface area contributed by atoms with Crippen molar-refractivity contribution in [2.75, 3.05) is 19.5 Å². The van der Waals surface area contributed by atoms with Gasteiger partial charge in [-0.1, -0.05) is 70.4 Å². The largest absolute Gasteiger partial charge is 0.497 e. The summed E-state index contributed by atoms with van der Waals surface area (Å²) in [5, 5.41) is 2.93. The zero-order chi connectivity index (χ0) is 21.9. The summed E-state index contributed by atoms with van der Waals surface area (Å²) in [6.45, 7) is 2.27. The fourth-order valence-corrected chi connectivity index (χ4v) is 3.47. The number of anilines is 1. The highest BCUT2D eigenvalue weighted by molar-refractivity contribution is 5.92. The molecule has 0 fully saturated rings. The lowest BCUT2D eigenvalue weighted by Crippen LogP contribution is -2.12. The summed E-state index contributed by atoms with van der Waals surface area (Å²) >= 11 is 0. The Hall–Kier alpha value is -1.97. The van der Waals surface area contributed by atoms with Gasteiger partial charge in [0, 0.05) is 12.5 Å². The minimum Gasteiger partial charge on any atom is -0.497 e. The molecule has 0 unspecified atom stereocenters. The van der Waals surface area contributed by atoms with Crippen LogP contribution in [0.25, 0.3) is 0 Å². The van der Waals surface area contributed by atoms with Gasteiger partial charge in [-0.3, -0.25) is 4.79 Å². The van der Waals surface area contributed by atoms with Gasteiger partial charge in [-0.05, 0) is 44.2 Å². The monoisotopic (exact) mass is 417 g/mol. The van der Waals surface area contributed by atoms with Gasteiger partial charge < -0.3 is 14.8 Å². The highest BCUT2D eigenvalue weighted by atomic mass is 16.5. The standard InChI is InChI=1S/C26H43NO3/c1-4-5-6-7-8-9-10-11-12-13-14-15-16-17-18-19-26(28)27-24-21-20-23(29-2)22-25(24)30-3/h11-12,20-22H,4-10,13-19H2,1-3H3,(H,27,28)/b12-11-. The second-order valence-corrected chi connectivity index (χ2v) is 7.95. The second-order valence-electron chi connectivity index (χ2n) is 7.95. The number of allylic oxidation sites excluding steroid dienone is 2. The third kappa shape index (κ3) is 12.6. The highest BCUT2D eigenvalue weighted by Gasteiger charge is 2.08. The first kappa shape index (κ1) is 26.1. The quantitative estimate of drug-likeness (QED) is 0.197. The van der Waals surface area contributed by atoms with Crippen LogP contribution in [0.1, 0.15) is 96.8 Å². The summed E-state index contributed by atoms with van der Waals surface area (Å²) in [6.07, 6.45) is 21.6. The Morgan fingerprint density at radius 2 is 1.43 bits per heavy atom. The average Bonchev–Trinajstić information content (AvgIpc) is 2.76. The van der Waals surface area contributed by atoms with Crippen LogP contribution in [0.2, 0.25) is 0 Å². The molecule has 1 N–H and O–H groups in total. The van der Waals surface area contributed by atoms with Crippen molar-refractivity contribution in [2.45, 2.75) is 96.8 Å². The molecule has 0 aromatic heterocycles. The number of carbonyl (C=O) groups is 1. The van der Waals surface area contributed by atoms with E-state index in [0.717, 1.165) is 12.8 Å². The van der Waals surface area contributed by atoms with Crippen molar-refractivity contribution in [2.24, 2.45) is 0 Å². The second kappa shape index (κ2) is 17.9. The molecule has 0 aliphatic heterocycles. The molecule has 0 heterocycles. The van der Waals surface area contributed by atoms with E-state index in [1.807, 2.05) is 12.1 Å². The summed E-state index contributed by atoms with van der Waals surface area (Å²) < 4.78 is 10.5. The van der Waals surface area contributed by atoms with E-state index in [1.165, 1.54) is 70.6 Å². The van der Waals surface area contributed by atoms with Crippen LogP contribution < -0.4 is 14.8 Å². The van der Waals surface area contributed by atoms with Crippen LogP contribution in [0.3, 0.4) is 0 Å². The van der Waals surface area contributed by atoms with Crippen molar-refractivity contribution in [3.8, 4) is 11.5 Å². The van der Waals surface area contributed by atoms with Gasteiger partial charge in [0.2, 0.25) is 5.91 Å². The fraction of sp³-hybridized carbons (Fsp3) is 0.654. The van der Waals surface area contributed by atoms with Gasteiger partial charge in [0.1, 0.15) is 11.5 Å². The summed E-state index contributed by atoms with van der Waals surface area (Å²) in [5.41, 5.74) is 0.691. The van der Waals surface area contributed by atoms with E-state index in [0.29, 0.717) is 23.6 Å². The molecule has 0 saturated heterocycles. The van der Waals surface area contributed by atoms with Gasteiger partial charge in [-0.25, -0.2) is 0 Å². The summed E-state index contributed by atoms with van der Waals surface area (Å²) in [7, 11) is 3.20. The van der Waals surface area contributed by atoms with Crippen molar-refractivity contribution in [3.63, 3.8) is 0 Å². The molecule has 30 heavy (non-hydrogen) atoms. The number of ether oxygens (including phenoxy) is 2. The van der Waals surface area contributed by atoms with Crippen LogP contribution in [-0.4, -0.2) is 20.1 Å². The maximum absolute atomic E-state index is 12.2. The molecule has 0 atom stereocenters. The van der Waals surface area contributed by atoms with Crippen molar-refractivity contribution >= 4 is 11.6 Å². The molecule has 0 radical (unpaired) electrons. The molecule has 0 aliphatic rings. The SMILES string of the molecule is CCCCCCCC/C=C\CCCCCCCC(=O)Nc1ccc(OC)cc1OC. The van der Waals surface area contributed by atoms with Crippen LogP contribution >= 0.6 is 0 Å². The molecular weight excluding hydrogens is 374 g/mol. The first-order chi connectivity index (χ1) is 14.7. The number of methoxy groups -OCH3 is 2. The van der Waals surface area contributed by atoms with Crippen LogP contribution in [0.4, 0.5) is 5.69 Å². The zero-order valence-electron chi connectivity index (χ0n) is 19.5. The first-order valence-corrected chi connectivity index (χ1v) is 11.9. The summed E-state index contributed by atoms with van der Waals surface area (Å²) in [6, 6.07) is 5.41. The fourth-order valence-electron chi connectivity index (χ4n) is 3.47. The summed E-state index contributed by atoms with van der Waals surface area (Å²) in [4.78, 5) is 12.2. The topological polar surface area (TPSA) is 47.6 Å².